The van der Waals surface area contributed by atoms with Gasteiger partial charge in [0, 0.05) is 24.7 Å². The van der Waals surface area contributed by atoms with Crippen molar-refractivity contribution in [2.45, 2.75) is 50.7 Å². The van der Waals surface area contributed by atoms with Gasteiger partial charge in [-0.3, -0.25) is 9.48 Å². The van der Waals surface area contributed by atoms with Crippen molar-refractivity contribution in [1.29, 1.82) is 0 Å². The third-order valence-corrected chi connectivity index (χ3v) is 4.73. The summed E-state index contributed by atoms with van der Waals surface area (Å²) in [5.41, 5.74) is 1.05. The third-order valence-electron chi connectivity index (χ3n) is 4.73. The SMILES string of the molecule is Cn1cc([C@H](NC(=O)C2CCCC2)C2CC(O)C2)cn1. The van der Waals surface area contributed by atoms with Crippen molar-refractivity contribution >= 4 is 5.91 Å². The van der Waals surface area contributed by atoms with Gasteiger partial charge in [-0.05, 0) is 31.6 Å². The molecule has 0 unspecified atom stereocenters. The zero-order chi connectivity index (χ0) is 14.1. The highest BCUT2D eigenvalue weighted by Crippen LogP contribution is 2.38. The highest BCUT2D eigenvalue weighted by atomic mass is 16.3. The lowest BCUT2D eigenvalue weighted by Gasteiger charge is -2.38. The van der Waals surface area contributed by atoms with E-state index in [4.69, 9.17) is 0 Å². The summed E-state index contributed by atoms with van der Waals surface area (Å²) in [5.74, 6) is 0.691. The molecule has 20 heavy (non-hydrogen) atoms. The number of hydrogen-bond acceptors (Lipinski definition) is 3. The first-order chi connectivity index (χ1) is 9.63. The predicted molar refractivity (Wildman–Crippen MR) is 74.8 cm³/mol. The Morgan fingerprint density at radius 3 is 2.70 bits per heavy atom. The van der Waals surface area contributed by atoms with Gasteiger partial charge >= 0.3 is 0 Å². The summed E-state index contributed by atoms with van der Waals surface area (Å²) in [7, 11) is 1.88. The fourth-order valence-corrected chi connectivity index (χ4v) is 3.44. The van der Waals surface area contributed by atoms with E-state index in [0.29, 0.717) is 5.92 Å². The van der Waals surface area contributed by atoms with Crippen LogP contribution in [-0.4, -0.2) is 26.9 Å². The van der Waals surface area contributed by atoms with Gasteiger partial charge in [-0.2, -0.15) is 5.10 Å². The van der Waals surface area contributed by atoms with Gasteiger partial charge < -0.3 is 10.4 Å². The van der Waals surface area contributed by atoms with E-state index in [0.717, 1.165) is 44.1 Å². The van der Waals surface area contributed by atoms with Gasteiger partial charge in [-0.1, -0.05) is 12.8 Å². The second-order valence-corrected chi connectivity index (χ2v) is 6.30. The number of nitrogens with zero attached hydrogens (tertiary/aromatic N) is 2. The topological polar surface area (TPSA) is 67.2 Å². The Morgan fingerprint density at radius 1 is 1.45 bits per heavy atom. The second kappa shape index (κ2) is 5.56. The summed E-state index contributed by atoms with van der Waals surface area (Å²) >= 11 is 0. The van der Waals surface area contributed by atoms with Gasteiger partial charge in [0.25, 0.3) is 0 Å². The molecule has 1 heterocycles. The van der Waals surface area contributed by atoms with Crippen LogP contribution in [0.5, 0.6) is 0 Å². The summed E-state index contributed by atoms with van der Waals surface area (Å²) in [6.07, 6.45) is 9.47. The highest BCUT2D eigenvalue weighted by Gasteiger charge is 2.37. The van der Waals surface area contributed by atoms with Crippen molar-refractivity contribution in [3.8, 4) is 0 Å². The largest absolute Gasteiger partial charge is 0.393 e. The number of aliphatic hydroxyl groups is 1. The van der Waals surface area contributed by atoms with E-state index in [2.05, 4.69) is 10.4 Å². The van der Waals surface area contributed by atoms with Crippen LogP contribution in [0.25, 0.3) is 0 Å². The van der Waals surface area contributed by atoms with Crippen LogP contribution in [0, 0.1) is 11.8 Å². The van der Waals surface area contributed by atoms with Crippen LogP contribution < -0.4 is 5.32 Å². The van der Waals surface area contributed by atoms with E-state index in [9.17, 15) is 9.90 Å². The standard InChI is InChI=1S/C15H23N3O2/c1-18-9-12(8-16-18)14(11-6-13(19)7-11)17-15(20)10-4-2-3-5-10/h8-11,13-14,19H,2-7H2,1H3,(H,17,20)/t11?,13?,14-/m1/s1. The molecule has 2 fully saturated rings. The number of amides is 1. The third kappa shape index (κ3) is 2.73. The second-order valence-electron chi connectivity index (χ2n) is 6.30. The minimum absolute atomic E-state index is 0.000185. The quantitative estimate of drug-likeness (QED) is 0.877. The Hall–Kier alpha value is -1.36. The number of aliphatic hydroxyl groups excluding tert-OH is 1. The average Bonchev–Trinajstić information content (AvgIpc) is 3.03. The maximum absolute atomic E-state index is 12.4. The van der Waals surface area contributed by atoms with Crippen molar-refractivity contribution < 1.29 is 9.90 Å². The van der Waals surface area contributed by atoms with Gasteiger partial charge in [0.1, 0.15) is 0 Å². The minimum atomic E-state index is -0.206. The van der Waals surface area contributed by atoms with Crippen LogP contribution in [0.1, 0.15) is 50.1 Å². The van der Waals surface area contributed by atoms with E-state index in [1.165, 1.54) is 0 Å². The van der Waals surface area contributed by atoms with E-state index in [1.54, 1.807) is 4.68 Å². The van der Waals surface area contributed by atoms with Gasteiger partial charge in [0.15, 0.2) is 0 Å². The number of aryl methyl sites for hydroxylation is 1. The van der Waals surface area contributed by atoms with Crippen LogP contribution in [0.2, 0.25) is 0 Å². The number of rotatable bonds is 4. The van der Waals surface area contributed by atoms with Crippen molar-refractivity contribution in [2.75, 3.05) is 0 Å². The Morgan fingerprint density at radius 2 is 2.15 bits per heavy atom. The number of aromatic nitrogens is 2. The predicted octanol–water partition coefficient (Wildman–Crippen LogP) is 1.54. The van der Waals surface area contributed by atoms with Gasteiger partial charge in [0.05, 0.1) is 18.3 Å². The molecule has 110 valence electrons. The Balaban J connectivity index is 1.70. The molecule has 1 aromatic heterocycles. The summed E-state index contributed by atoms with van der Waals surface area (Å²) in [6, 6.07) is 0.000185. The molecule has 5 heteroatoms. The lowest BCUT2D eigenvalue weighted by Crippen LogP contribution is -2.42. The maximum Gasteiger partial charge on any atom is 0.223 e. The molecule has 2 aliphatic rings. The zero-order valence-electron chi connectivity index (χ0n) is 12.0. The minimum Gasteiger partial charge on any atom is -0.393 e. The molecular formula is C15H23N3O2. The first-order valence-electron chi connectivity index (χ1n) is 7.60. The maximum atomic E-state index is 12.4. The average molecular weight is 277 g/mol. The Labute approximate surface area is 119 Å². The van der Waals surface area contributed by atoms with Gasteiger partial charge in [-0.15, -0.1) is 0 Å². The molecule has 0 aliphatic heterocycles. The monoisotopic (exact) mass is 277 g/mol. The number of carbonyl (C=O) groups is 1. The van der Waals surface area contributed by atoms with E-state index < -0.39 is 0 Å². The molecule has 1 amide bonds. The van der Waals surface area contributed by atoms with Gasteiger partial charge in [-0.25, -0.2) is 0 Å². The summed E-state index contributed by atoms with van der Waals surface area (Å²) in [4.78, 5) is 12.4. The molecule has 0 radical (unpaired) electrons. The first-order valence-corrected chi connectivity index (χ1v) is 7.60. The molecule has 3 rings (SSSR count). The summed E-state index contributed by atoms with van der Waals surface area (Å²) in [6.45, 7) is 0. The number of hydrogen-bond donors (Lipinski definition) is 2. The normalized spacial score (nSPS) is 28.1. The highest BCUT2D eigenvalue weighted by molar-refractivity contribution is 5.79. The number of nitrogens with one attached hydrogen (secondary N) is 1. The molecule has 2 N–H and O–H groups in total. The molecule has 0 spiro atoms. The lowest BCUT2D eigenvalue weighted by atomic mass is 9.75. The van der Waals surface area contributed by atoms with Crippen LogP contribution >= 0.6 is 0 Å². The molecule has 5 nitrogen and oxygen atoms in total. The fourth-order valence-electron chi connectivity index (χ4n) is 3.44. The van der Waals surface area contributed by atoms with E-state index in [-0.39, 0.29) is 24.0 Å². The van der Waals surface area contributed by atoms with Gasteiger partial charge in [0.2, 0.25) is 5.91 Å². The van der Waals surface area contributed by atoms with Crippen LogP contribution in [0.3, 0.4) is 0 Å². The van der Waals surface area contributed by atoms with Crippen molar-refractivity contribution in [3.63, 3.8) is 0 Å². The molecule has 0 saturated heterocycles. The molecule has 2 aliphatic carbocycles. The van der Waals surface area contributed by atoms with Crippen molar-refractivity contribution in [2.24, 2.45) is 18.9 Å². The van der Waals surface area contributed by atoms with Crippen molar-refractivity contribution in [3.05, 3.63) is 18.0 Å². The Bertz CT molecular complexity index is 473. The van der Waals surface area contributed by atoms with Crippen LogP contribution in [0.4, 0.5) is 0 Å². The lowest BCUT2D eigenvalue weighted by molar-refractivity contribution is -0.126. The fraction of sp³-hybridized carbons (Fsp3) is 0.733. The van der Waals surface area contributed by atoms with E-state index >= 15 is 0 Å². The summed E-state index contributed by atoms with van der Waals surface area (Å²) in [5, 5.41) is 16.9. The van der Waals surface area contributed by atoms with Crippen LogP contribution in [-0.2, 0) is 11.8 Å². The number of carbonyl (C=O) groups excluding carboxylic acids is 1. The van der Waals surface area contributed by atoms with Crippen molar-refractivity contribution in [1.82, 2.24) is 15.1 Å². The Kier molecular flexibility index (Phi) is 3.78. The zero-order valence-corrected chi connectivity index (χ0v) is 12.0. The molecule has 0 bridgehead atoms. The molecule has 1 aromatic rings. The molecule has 1 atom stereocenters. The van der Waals surface area contributed by atoms with E-state index in [1.807, 2.05) is 19.4 Å². The smallest absolute Gasteiger partial charge is 0.223 e. The molecule has 0 aromatic carbocycles. The first kappa shape index (κ1) is 13.6. The molecular weight excluding hydrogens is 254 g/mol. The molecule has 2 saturated carbocycles. The van der Waals surface area contributed by atoms with Crippen LogP contribution in [0.15, 0.2) is 12.4 Å². The summed E-state index contributed by atoms with van der Waals surface area (Å²) < 4.78 is 1.76.